The van der Waals surface area contributed by atoms with E-state index in [1.807, 2.05) is 6.08 Å². The molecule has 2 heterocycles. The molecule has 0 unspecified atom stereocenters. The van der Waals surface area contributed by atoms with Crippen LogP contribution in [0.3, 0.4) is 0 Å². The molecule has 26 heavy (non-hydrogen) atoms. The number of piperidine rings is 1. The minimum atomic E-state index is -0.458. The molecule has 0 saturated carbocycles. The first-order valence-electron chi connectivity index (χ1n) is 9.61. The van der Waals surface area contributed by atoms with E-state index in [9.17, 15) is 9.90 Å². The Morgan fingerprint density at radius 2 is 2.12 bits per heavy atom. The van der Waals surface area contributed by atoms with Gasteiger partial charge in [0.25, 0.3) is 0 Å². The zero-order valence-corrected chi connectivity index (χ0v) is 15.6. The Labute approximate surface area is 156 Å². The number of aryl methyl sites for hydroxylation is 1. The van der Waals surface area contributed by atoms with Crippen molar-refractivity contribution in [1.82, 2.24) is 9.80 Å². The average molecular weight is 358 g/mol. The van der Waals surface area contributed by atoms with Crippen molar-refractivity contribution >= 4 is 5.91 Å². The lowest BCUT2D eigenvalue weighted by Crippen LogP contribution is -2.46. The quantitative estimate of drug-likeness (QED) is 0.813. The van der Waals surface area contributed by atoms with E-state index in [1.54, 1.807) is 11.0 Å². The second-order valence-corrected chi connectivity index (χ2v) is 7.41. The molecular weight excluding hydrogens is 328 g/mol. The number of rotatable bonds is 5. The van der Waals surface area contributed by atoms with Crippen LogP contribution in [0.4, 0.5) is 0 Å². The summed E-state index contributed by atoms with van der Waals surface area (Å²) in [5, 5.41) is 10.5. The monoisotopic (exact) mass is 358 g/mol. The van der Waals surface area contributed by atoms with Crippen LogP contribution in [-0.4, -0.2) is 72.9 Å². The number of β-amino-alcohol motifs (C(OH)–C–C–N with tert-alkyl or cyclic N) is 1. The fraction of sp³-hybridized carbons (Fsp3) is 0.571. The number of aliphatic hydroxyl groups excluding tert-OH is 1. The molecule has 1 N–H and O–H groups in total. The number of nitrogens with zero attached hydrogens (tertiary/aromatic N) is 2. The van der Waals surface area contributed by atoms with E-state index in [0.717, 1.165) is 45.7 Å². The van der Waals surface area contributed by atoms with Crippen LogP contribution in [0.15, 0.2) is 36.4 Å². The Balaban J connectivity index is 1.45. The molecule has 2 aliphatic heterocycles. The zero-order valence-electron chi connectivity index (χ0n) is 15.6. The highest BCUT2D eigenvalue weighted by Gasteiger charge is 2.29. The third kappa shape index (κ3) is 5.40. The predicted molar refractivity (Wildman–Crippen MR) is 102 cm³/mol. The van der Waals surface area contributed by atoms with Crippen molar-refractivity contribution in [3.05, 3.63) is 47.5 Å². The number of carbonyl (C=O) groups is 1. The van der Waals surface area contributed by atoms with Gasteiger partial charge in [-0.3, -0.25) is 9.69 Å². The van der Waals surface area contributed by atoms with Crippen molar-refractivity contribution in [2.45, 2.75) is 25.9 Å². The van der Waals surface area contributed by atoms with E-state index in [2.05, 4.69) is 36.1 Å². The fourth-order valence-electron chi connectivity index (χ4n) is 3.75. The highest BCUT2D eigenvalue weighted by molar-refractivity contribution is 5.87. The van der Waals surface area contributed by atoms with Gasteiger partial charge >= 0.3 is 0 Å². The van der Waals surface area contributed by atoms with E-state index in [0.29, 0.717) is 13.1 Å². The normalized spacial score (nSPS) is 24.9. The van der Waals surface area contributed by atoms with Crippen molar-refractivity contribution < 1.29 is 14.6 Å². The number of aliphatic hydroxyl groups is 1. The zero-order chi connectivity index (χ0) is 18.4. The fourth-order valence-corrected chi connectivity index (χ4v) is 3.75. The van der Waals surface area contributed by atoms with Crippen molar-refractivity contribution in [2.75, 3.05) is 45.9 Å². The van der Waals surface area contributed by atoms with E-state index in [1.165, 1.54) is 11.1 Å². The Bertz CT molecular complexity index is 625. The van der Waals surface area contributed by atoms with Crippen LogP contribution in [0.25, 0.3) is 0 Å². The smallest absolute Gasteiger partial charge is 0.246 e. The van der Waals surface area contributed by atoms with Crippen LogP contribution in [0, 0.1) is 12.8 Å². The Morgan fingerprint density at radius 3 is 2.85 bits per heavy atom. The molecule has 2 aliphatic rings. The number of amides is 1. The van der Waals surface area contributed by atoms with Crippen molar-refractivity contribution in [3.63, 3.8) is 0 Å². The van der Waals surface area contributed by atoms with Gasteiger partial charge in [0.05, 0.1) is 19.3 Å². The summed E-state index contributed by atoms with van der Waals surface area (Å²) in [5.41, 5.74) is 2.51. The Morgan fingerprint density at radius 1 is 1.31 bits per heavy atom. The number of ether oxygens (including phenoxy) is 1. The lowest BCUT2D eigenvalue weighted by molar-refractivity contribution is -0.130. The van der Waals surface area contributed by atoms with Gasteiger partial charge in [-0.1, -0.05) is 35.9 Å². The van der Waals surface area contributed by atoms with E-state index in [-0.39, 0.29) is 11.8 Å². The molecule has 3 rings (SSSR count). The largest absolute Gasteiger partial charge is 0.391 e. The minimum Gasteiger partial charge on any atom is -0.391 e. The molecule has 0 radical (unpaired) electrons. The Hall–Kier alpha value is -1.69. The van der Waals surface area contributed by atoms with Gasteiger partial charge in [0.2, 0.25) is 5.91 Å². The van der Waals surface area contributed by atoms with Crippen LogP contribution < -0.4 is 0 Å². The molecule has 1 aromatic carbocycles. The molecule has 5 nitrogen and oxygen atoms in total. The minimum absolute atomic E-state index is 0.00585. The number of carbonyl (C=O) groups excluding carboxylic acids is 1. The summed E-state index contributed by atoms with van der Waals surface area (Å²) in [6.45, 7) is 7.38. The molecule has 0 spiro atoms. The van der Waals surface area contributed by atoms with Crippen LogP contribution >= 0.6 is 0 Å². The molecule has 1 aromatic rings. The van der Waals surface area contributed by atoms with Crippen LogP contribution in [0.5, 0.6) is 0 Å². The maximum Gasteiger partial charge on any atom is 0.246 e. The molecule has 0 aromatic heterocycles. The topological polar surface area (TPSA) is 53.0 Å². The van der Waals surface area contributed by atoms with Crippen LogP contribution in [-0.2, 0) is 16.0 Å². The number of hydrogen-bond donors (Lipinski definition) is 1. The van der Waals surface area contributed by atoms with Gasteiger partial charge in [0.1, 0.15) is 0 Å². The van der Waals surface area contributed by atoms with E-state index >= 15 is 0 Å². The summed E-state index contributed by atoms with van der Waals surface area (Å²) in [6, 6.07) is 8.45. The summed E-state index contributed by atoms with van der Waals surface area (Å²) in [5.74, 6) is 0.226. The lowest BCUT2D eigenvalue weighted by atomic mass is 9.87. The molecule has 0 aliphatic carbocycles. The summed E-state index contributed by atoms with van der Waals surface area (Å²) >= 11 is 0. The van der Waals surface area contributed by atoms with Gasteiger partial charge in [0, 0.05) is 38.8 Å². The first kappa shape index (κ1) is 19.1. The van der Waals surface area contributed by atoms with Crippen molar-refractivity contribution in [2.24, 2.45) is 5.92 Å². The maximum absolute atomic E-state index is 12.4. The number of morpholine rings is 1. The van der Waals surface area contributed by atoms with Gasteiger partial charge in [-0.25, -0.2) is 0 Å². The molecular formula is C21H30N2O3. The number of hydrogen-bond acceptors (Lipinski definition) is 4. The van der Waals surface area contributed by atoms with Gasteiger partial charge in [0.15, 0.2) is 0 Å². The summed E-state index contributed by atoms with van der Waals surface area (Å²) in [7, 11) is 0. The van der Waals surface area contributed by atoms with Crippen molar-refractivity contribution in [1.29, 1.82) is 0 Å². The highest BCUT2D eigenvalue weighted by Crippen LogP contribution is 2.23. The second-order valence-electron chi connectivity index (χ2n) is 7.41. The van der Waals surface area contributed by atoms with Gasteiger partial charge in [-0.05, 0) is 31.2 Å². The average Bonchev–Trinajstić information content (AvgIpc) is 2.64. The second kappa shape index (κ2) is 9.31. The molecule has 2 atom stereocenters. The molecule has 2 fully saturated rings. The SMILES string of the molecule is Cc1cccc(C[C@H]2CCN(C(=O)/C=C/CN3CCOCC3)C[C@@H]2O)c1. The number of benzene rings is 1. The molecule has 5 heteroatoms. The summed E-state index contributed by atoms with van der Waals surface area (Å²) in [6.07, 6.45) is 4.85. The first-order valence-corrected chi connectivity index (χ1v) is 9.61. The van der Waals surface area contributed by atoms with Crippen LogP contribution in [0.2, 0.25) is 0 Å². The Kier molecular flexibility index (Phi) is 6.83. The van der Waals surface area contributed by atoms with Gasteiger partial charge in [-0.15, -0.1) is 0 Å². The number of likely N-dealkylation sites (tertiary alicyclic amines) is 1. The molecule has 2 saturated heterocycles. The van der Waals surface area contributed by atoms with E-state index < -0.39 is 6.10 Å². The molecule has 1 amide bonds. The van der Waals surface area contributed by atoms with Crippen LogP contribution in [0.1, 0.15) is 17.5 Å². The first-order chi connectivity index (χ1) is 12.6. The highest BCUT2D eigenvalue weighted by atomic mass is 16.5. The third-order valence-electron chi connectivity index (χ3n) is 5.34. The van der Waals surface area contributed by atoms with Gasteiger partial charge in [-0.2, -0.15) is 0 Å². The molecule has 142 valence electrons. The third-order valence-corrected chi connectivity index (χ3v) is 5.34. The molecule has 0 bridgehead atoms. The van der Waals surface area contributed by atoms with Crippen molar-refractivity contribution in [3.8, 4) is 0 Å². The maximum atomic E-state index is 12.4. The van der Waals surface area contributed by atoms with E-state index in [4.69, 9.17) is 4.74 Å². The van der Waals surface area contributed by atoms with Gasteiger partial charge < -0.3 is 14.7 Å². The summed E-state index contributed by atoms with van der Waals surface area (Å²) < 4.78 is 5.32. The standard InChI is InChI=1S/C21H30N2O3/c1-17-4-2-5-18(14-17)15-19-7-9-23(16-20(19)24)21(25)6-3-8-22-10-12-26-13-11-22/h2-6,14,19-20,24H,7-13,15-16H2,1H3/b6-3+/t19-,20+/m1/s1. The summed E-state index contributed by atoms with van der Waals surface area (Å²) in [4.78, 5) is 16.4. The lowest BCUT2D eigenvalue weighted by Gasteiger charge is -2.35. The predicted octanol–water partition coefficient (Wildman–Crippen LogP) is 1.64.